The van der Waals surface area contributed by atoms with Crippen LogP contribution in [0.25, 0.3) is 0 Å². The normalized spacial score (nSPS) is 12.2. The standard InChI is InChI=1S/C16H23NO3S/c1-4-21-15(11(2)3)16(20)17-13-7-5-6-12(10-13)8-9-14(18)19/h5-7,10-11,15H,4,8-9H2,1-3H3,(H,17,20)(H,18,19). The third-order valence-electron chi connectivity index (χ3n) is 3.03. The van der Waals surface area contributed by atoms with E-state index >= 15 is 0 Å². The second-order valence-corrected chi connectivity index (χ2v) is 6.62. The van der Waals surface area contributed by atoms with Crippen LogP contribution >= 0.6 is 11.8 Å². The molecule has 21 heavy (non-hydrogen) atoms. The van der Waals surface area contributed by atoms with Crippen molar-refractivity contribution in [3.05, 3.63) is 29.8 Å². The number of aliphatic carboxylic acids is 1. The summed E-state index contributed by atoms with van der Waals surface area (Å²) in [4.78, 5) is 22.9. The van der Waals surface area contributed by atoms with E-state index in [2.05, 4.69) is 5.32 Å². The molecule has 116 valence electrons. The summed E-state index contributed by atoms with van der Waals surface area (Å²) in [5, 5.41) is 11.6. The summed E-state index contributed by atoms with van der Waals surface area (Å²) >= 11 is 1.64. The Morgan fingerprint density at radius 2 is 2.05 bits per heavy atom. The molecule has 1 aromatic carbocycles. The van der Waals surface area contributed by atoms with Crippen LogP contribution in [0.2, 0.25) is 0 Å². The summed E-state index contributed by atoms with van der Waals surface area (Å²) in [6.07, 6.45) is 0.564. The van der Waals surface area contributed by atoms with Gasteiger partial charge < -0.3 is 10.4 Å². The molecule has 0 radical (unpaired) electrons. The number of aryl methyl sites for hydroxylation is 1. The molecule has 0 bridgehead atoms. The smallest absolute Gasteiger partial charge is 0.303 e. The van der Waals surface area contributed by atoms with Gasteiger partial charge in [-0.05, 0) is 35.8 Å². The fourth-order valence-electron chi connectivity index (χ4n) is 2.02. The molecule has 1 amide bonds. The minimum atomic E-state index is -0.816. The van der Waals surface area contributed by atoms with E-state index in [1.807, 2.05) is 45.0 Å². The van der Waals surface area contributed by atoms with Gasteiger partial charge in [-0.3, -0.25) is 9.59 Å². The van der Waals surface area contributed by atoms with Crippen LogP contribution in [-0.4, -0.2) is 28.0 Å². The summed E-state index contributed by atoms with van der Waals surface area (Å²) in [7, 11) is 0. The minimum Gasteiger partial charge on any atom is -0.481 e. The molecule has 0 saturated carbocycles. The van der Waals surface area contributed by atoms with Crippen LogP contribution in [-0.2, 0) is 16.0 Å². The number of amides is 1. The van der Waals surface area contributed by atoms with Gasteiger partial charge in [0.25, 0.3) is 0 Å². The molecule has 2 N–H and O–H groups in total. The third kappa shape index (κ3) is 6.21. The van der Waals surface area contributed by atoms with Crippen LogP contribution < -0.4 is 5.32 Å². The average molecular weight is 309 g/mol. The van der Waals surface area contributed by atoms with Crippen molar-refractivity contribution in [1.82, 2.24) is 0 Å². The number of carboxylic acid groups (broad SMARTS) is 1. The number of hydrogen-bond donors (Lipinski definition) is 2. The molecule has 0 aliphatic carbocycles. The molecule has 5 heteroatoms. The summed E-state index contributed by atoms with van der Waals surface area (Å²) in [5.74, 6) is 0.357. The Morgan fingerprint density at radius 3 is 2.62 bits per heavy atom. The number of nitrogens with one attached hydrogen (secondary N) is 1. The van der Waals surface area contributed by atoms with Crippen molar-refractivity contribution < 1.29 is 14.7 Å². The van der Waals surface area contributed by atoms with Crippen LogP contribution in [0.15, 0.2) is 24.3 Å². The van der Waals surface area contributed by atoms with E-state index in [4.69, 9.17) is 5.11 Å². The van der Waals surface area contributed by atoms with Gasteiger partial charge in [0.1, 0.15) is 0 Å². The number of carbonyl (C=O) groups is 2. The van der Waals surface area contributed by atoms with Crippen molar-refractivity contribution >= 4 is 29.3 Å². The van der Waals surface area contributed by atoms with Gasteiger partial charge in [-0.25, -0.2) is 0 Å². The molecule has 1 rings (SSSR count). The molecule has 1 atom stereocenters. The monoisotopic (exact) mass is 309 g/mol. The Morgan fingerprint density at radius 1 is 1.33 bits per heavy atom. The van der Waals surface area contributed by atoms with E-state index in [1.54, 1.807) is 11.8 Å². The topological polar surface area (TPSA) is 66.4 Å². The Kier molecular flexibility index (Phi) is 7.29. The summed E-state index contributed by atoms with van der Waals surface area (Å²) < 4.78 is 0. The summed E-state index contributed by atoms with van der Waals surface area (Å²) in [6.45, 7) is 6.12. The zero-order valence-electron chi connectivity index (χ0n) is 12.8. The van der Waals surface area contributed by atoms with Gasteiger partial charge in [0.05, 0.1) is 5.25 Å². The van der Waals surface area contributed by atoms with Gasteiger partial charge in [0.15, 0.2) is 0 Å². The van der Waals surface area contributed by atoms with Crippen LogP contribution in [0.1, 0.15) is 32.8 Å². The molecule has 1 aromatic rings. The van der Waals surface area contributed by atoms with Gasteiger partial charge in [-0.2, -0.15) is 0 Å². The van der Waals surface area contributed by atoms with E-state index in [1.165, 1.54) is 0 Å². The number of anilines is 1. The minimum absolute atomic E-state index is 0.00670. The van der Waals surface area contributed by atoms with Crippen LogP contribution in [0.3, 0.4) is 0 Å². The number of carbonyl (C=O) groups excluding carboxylic acids is 1. The summed E-state index contributed by atoms with van der Waals surface area (Å²) in [6, 6.07) is 7.38. The van der Waals surface area contributed by atoms with E-state index < -0.39 is 5.97 Å². The lowest BCUT2D eigenvalue weighted by Crippen LogP contribution is -2.29. The number of benzene rings is 1. The second-order valence-electron chi connectivity index (χ2n) is 5.20. The number of thioether (sulfide) groups is 1. The fraction of sp³-hybridized carbons (Fsp3) is 0.500. The highest BCUT2D eigenvalue weighted by molar-refractivity contribution is 8.00. The molecule has 0 heterocycles. The molecule has 1 unspecified atom stereocenters. The molecule has 0 saturated heterocycles. The first-order chi connectivity index (χ1) is 9.93. The van der Waals surface area contributed by atoms with Crippen LogP contribution in [0, 0.1) is 5.92 Å². The van der Waals surface area contributed by atoms with Crippen molar-refractivity contribution in [2.45, 2.75) is 38.9 Å². The van der Waals surface area contributed by atoms with Gasteiger partial charge >= 0.3 is 5.97 Å². The summed E-state index contributed by atoms with van der Waals surface area (Å²) in [5.41, 5.74) is 1.64. The zero-order chi connectivity index (χ0) is 15.8. The molecule has 4 nitrogen and oxygen atoms in total. The predicted molar refractivity (Wildman–Crippen MR) is 87.8 cm³/mol. The molecule has 0 fully saturated rings. The van der Waals surface area contributed by atoms with Crippen molar-refractivity contribution in [2.24, 2.45) is 5.92 Å². The zero-order valence-corrected chi connectivity index (χ0v) is 13.6. The first kappa shape index (κ1) is 17.6. The largest absolute Gasteiger partial charge is 0.481 e. The third-order valence-corrected chi connectivity index (χ3v) is 4.48. The van der Waals surface area contributed by atoms with E-state index in [0.717, 1.165) is 17.0 Å². The lowest BCUT2D eigenvalue weighted by molar-refractivity contribution is -0.137. The fourth-order valence-corrected chi connectivity index (χ4v) is 2.97. The lowest BCUT2D eigenvalue weighted by atomic mass is 10.1. The predicted octanol–water partition coefficient (Wildman–Crippen LogP) is 3.42. The van der Waals surface area contributed by atoms with Crippen molar-refractivity contribution in [3.63, 3.8) is 0 Å². The maximum Gasteiger partial charge on any atom is 0.303 e. The lowest BCUT2D eigenvalue weighted by Gasteiger charge is -2.19. The first-order valence-electron chi connectivity index (χ1n) is 7.17. The maximum atomic E-state index is 12.3. The number of hydrogen-bond acceptors (Lipinski definition) is 3. The molecular formula is C16H23NO3S. The molecule has 0 spiro atoms. The van der Waals surface area contributed by atoms with Crippen LogP contribution in [0.4, 0.5) is 5.69 Å². The second kappa shape index (κ2) is 8.72. The quantitative estimate of drug-likeness (QED) is 0.772. The van der Waals surface area contributed by atoms with Gasteiger partial charge in [0.2, 0.25) is 5.91 Å². The van der Waals surface area contributed by atoms with Gasteiger partial charge in [-0.1, -0.05) is 32.9 Å². The van der Waals surface area contributed by atoms with E-state index in [0.29, 0.717) is 6.42 Å². The Balaban J connectivity index is 2.71. The highest BCUT2D eigenvalue weighted by Crippen LogP contribution is 2.21. The first-order valence-corrected chi connectivity index (χ1v) is 8.22. The Labute approximate surface area is 130 Å². The molecule has 0 aliphatic rings. The Hall–Kier alpha value is -1.49. The van der Waals surface area contributed by atoms with Crippen molar-refractivity contribution in [2.75, 3.05) is 11.1 Å². The molecule has 0 aromatic heterocycles. The number of rotatable bonds is 8. The van der Waals surface area contributed by atoms with Crippen molar-refractivity contribution in [1.29, 1.82) is 0 Å². The number of carboxylic acids is 1. The highest BCUT2D eigenvalue weighted by Gasteiger charge is 2.21. The maximum absolute atomic E-state index is 12.3. The van der Waals surface area contributed by atoms with Gasteiger partial charge in [0, 0.05) is 12.1 Å². The molecule has 0 aliphatic heterocycles. The van der Waals surface area contributed by atoms with Crippen molar-refractivity contribution in [3.8, 4) is 0 Å². The SMILES string of the molecule is CCSC(C(=O)Nc1cccc(CCC(=O)O)c1)C(C)C. The molecular weight excluding hydrogens is 286 g/mol. The van der Waals surface area contributed by atoms with Crippen LogP contribution in [0.5, 0.6) is 0 Å². The average Bonchev–Trinajstić information content (AvgIpc) is 2.42. The van der Waals surface area contributed by atoms with E-state index in [-0.39, 0.29) is 23.5 Å². The van der Waals surface area contributed by atoms with E-state index in [9.17, 15) is 9.59 Å². The Bertz CT molecular complexity index is 488. The highest BCUT2D eigenvalue weighted by atomic mass is 32.2. The van der Waals surface area contributed by atoms with Gasteiger partial charge in [-0.15, -0.1) is 11.8 Å².